The minimum atomic E-state index is -1.10. The molecule has 0 radical (unpaired) electrons. The maximum Gasteiger partial charge on any atom is 0.326 e. The molecule has 0 aromatic carbocycles. The van der Waals surface area contributed by atoms with E-state index in [0.717, 1.165) is 25.7 Å². The fourth-order valence-electron chi connectivity index (χ4n) is 2.80. The Morgan fingerprint density at radius 1 is 1.21 bits per heavy atom. The van der Waals surface area contributed by atoms with Crippen LogP contribution in [0, 0.1) is 0 Å². The fourth-order valence-corrected chi connectivity index (χ4v) is 2.80. The van der Waals surface area contributed by atoms with Gasteiger partial charge in [0.2, 0.25) is 0 Å². The highest BCUT2D eigenvalue weighted by atomic mass is 16.4. The molecule has 6 nitrogen and oxygen atoms in total. The van der Waals surface area contributed by atoms with E-state index in [1.54, 1.807) is 0 Å². The SMILES string of the molecule is O=C1CCN(C(=O)NC2CCCCC2)C(C(=O)O)C1. The van der Waals surface area contributed by atoms with E-state index in [-0.39, 0.29) is 37.2 Å². The molecule has 1 aliphatic heterocycles. The van der Waals surface area contributed by atoms with E-state index in [2.05, 4.69) is 5.32 Å². The molecule has 2 N–H and O–H groups in total. The first kappa shape index (κ1) is 13.8. The van der Waals surface area contributed by atoms with Crippen LogP contribution in [0.4, 0.5) is 4.79 Å². The molecule has 19 heavy (non-hydrogen) atoms. The van der Waals surface area contributed by atoms with Crippen LogP contribution in [0.15, 0.2) is 0 Å². The number of carboxylic acid groups (broad SMARTS) is 1. The minimum Gasteiger partial charge on any atom is -0.480 e. The average Bonchev–Trinajstić information content (AvgIpc) is 2.39. The van der Waals surface area contributed by atoms with Gasteiger partial charge in [0.1, 0.15) is 11.8 Å². The number of carbonyl (C=O) groups excluding carboxylic acids is 2. The van der Waals surface area contributed by atoms with Crippen molar-refractivity contribution in [2.24, 2.45) is 0 Å². The number of Topliss-reactive ketones (excluding diaryl/α,β-unsaturated/α-hetero) is 1. The number of nitrogens with one attached hydrogen (secondary N) is 1. The third-order valence-corrected chi connectivity index (χ3v) is 3.91. The highest BCUT2D eigenvalue weighted by Gasteiger charge is 2.36. The molecular formula is C13H20N2O4. The number of hydrogen-bond donors (Lipinski definition) is 2. The second kappa shape index (κ2) is 6.04. The summed E-state index contributed by atoms with van der Waals surface area (Å²) < 4.78 is 0. The molecule has 0 aromatic heterocycles. The van der Waals surface area contributed by atoms with Gasteiger partial charge in [-0.25, -0.2) is 9.59 Å². The van der Waals surface area contributed by atoms with Gasteiger partial charge >= 0.3 is 12.0 Å². The van der Waals surface area contributed by atoms with Gasteiger partial charge in [0.05, 0.1) is 0 Å². The number of carboxylic acids is 1. The third kappa shape index (κ3) is 3.45. The summed E-state index contributed by atoms with van der Waals surface area (Å²) in [6.07, 6.45) is 5.49. The number of nitrogens with zero attached hydrogens (tertiary/aromatic N) is 1. The van der Waals surface area contributed by atoms with Crippen molar-refractivity contribution >= 4 is 17.8 Å². The standard InChI is InChI=1S/C13H20N2O4/c16-10-6-7-15(11(8-10)12(17)18)13(19)14-9-4-2-1-3-5-9/h9,11H,1-8H2,(H,14,19)(H,17,18). The van der Waals surface area contributed by atoms with Crippen LogP contribution in [0.25, 0.3) is 0 Å². The first-order valence-electron chi connectivity index (χ1n) is 6.89. The first-order chi connectivity index (χ1) is 9.08. The highest BCUT2D eigenvalue weighted by Crippen LogP contribution is 2.19. The van der Waals surface area contributed by atoms with Gasteiger partial charge in [-0.1, -0.05) is 19.3 Å². The summed E-state index contributed by atoms with van der Waals surface area (Å²) in [6, 6.07) is -1.20. The molecule has 0 aromatic rings. The van der Waals surface area contributed by atoms with Gasteiger partial charge in [-0.15, -0.1) is 0 Å². The van der Waals surface area contributed by atoms with Crippen LogP contribution in [0.3, 0.4) is 0 Å². The number of carbonyl (C=O) groups is 3. The van der Waals surface area contributed by atoms with Crippen LogP contribution < -0.4 is 5.32 Å². The molecule has 0 bridgehead atoms. The number of piperidine rings is 1. The van der Waals surface area contributed by atoms with Crippen molar-refractivity contribution in [1.29, 1.82) is 0 Å². The van der Waals surface area contributed by atoms with Gasteiger partial charge in [0, 0.05) is 25.4 Å². The van der Waals surface area contributed by atoms with Crippen LogP contribution in [-0.4, -0.2) is 46.4 Å². The van der Waals surface area contributed by atoms with Crippen molar-refractivity contribution in [2.45, 2.75) is 57.0 Å². The lowest BCUT2D eigenvalue weighted by atomic mass is 9.95. The Labute approximate surface area is 112 Å². The molecule has 1 saturated carbocycles. The van der Waals surface area contributed by atoms with E-state index in [1.807, 2.05) is 0 Å². The zero-order valence-corrected chi connectivity index (χ0v) is 10.9. The number of urea groups is 1. The van der Waals surface area contributed by atoms with Crippen LogP contribution in [0.2, 0.25) is 0 Å². The Bertz CT molecular complexity index is 377. The number of rotatable bonds is 2. The predicted molar refractivity (Wildman–Crippen MR) is 67.8 cm³/mol. The highest BCUT2D eigenvalue weighted by molar-refractivity contribution is 5.91. The molecule has 2 fully saturated rings. The summed E-state index contributed by atoms with van der Waals surface area (Å²) >= 11 is 0. The average molecular weight is 268 g/mol. The van der Waals surface area contributed by atoms with Crippen molar-refractivity contribution in [3.05, 3.63) is 0 Å². The Hall–Kier alpha value is -1.59. The summed E-state index contributed by atoms with van der Waals surface area (Å²) in [4.78, 5) is 35.9. The van der Waals surface area contributed by atoms with Gasteiger partial charge in [-0.2, -0.15) is 0 Å². The molecular weight excluding hydrogens is 248 g/mol. The second-order valence-electron chi connectivity index (χ2n) is 5.32. The smallest absolute Gasteiger partial charge is 0.326 e. The molecule has 0 spiro atoms. The molecule has 2 rings (SSSR count). The van der Waals surface area contributed by atoms with E-state index in [1.165, 1.54) is 11.3 Å². The maximum absolute atomic E-state index is 12.1. The van der Waals surface area contributed by atoms with Gasteiger partial charge < -0.3 is 15.3 Å². The lowest BCUT2D eigenvalue weighted by Crippen LogP contribution is -2.55. The lowest BCUT2D eigenvalue weighted by molar-refractivity contribution is -0.146. The largest absolute Gasteiger partial charge is 0.480 e. The molecule has 1 aliphatic carbocycles. The van der Waals surface area contributed by atoms with Crippen molar-refractivity contribution in [3.63, 3.8) is 0 Å². The Morgan fingerprint density at radius 3 is 2.53 bits per heavy atom. The van der Waals surface area contributed by atoms with Gasteiger partial charge in [0.15, 0.2) is 0 Å². The topological polar surface area (TPSA) is 86.7 Å². The van der Waals surface area contributed by atoms with E-state index >= 15 is 0 Å². The normalized spacial score (nSPS) is 25.2. The summed E-state index contributed by atoms with van der Waals surface area (Å²) in [5, 5.41) is 12.0. The van der Waals surface area contributed by atoms with Gasteiger partial charge in [0.25, 0.3) is 0 Å². The second-order valence-corrected chi connectivity index (χ2v) is 5.32. The van der Waals surface area contributed by atoms with Crippen LogP contribution >= 0.6 is 0 Å². The summed E-state index contributed by atoms with van der Waals surface area (Å²) in [6.45, 7) is 0.203. The number of hydrogen-bond acceptors (Lipinski definition) is 3. The Kier molecular flexibility index (Phi) is 4.39. The minimum absolute atomic E-state index is 0.0760. The van der Waals surface area contributed by atoms with Crippen LogP contribution in [-0.2, 0) is 9.59 Å². The zero-order chi connectivity index (χ0) is 13.8. The molecule has 1 atom stereocenters. The number of amides is 2. The van der Waals surface area contributed by atoms with Gasteiger partial charge in [-0.05, 0) is 12.8 Å². The summed E-state index contributed by atoms with van der Waals surface area (Å²) in [5.74, 6) is -1.19. The molecule has 1 saturated heterocycles. The van der Waals surface area contributed by atoms with E-state index in [4.69, 9.17) is 5.11 Å². The maximum atomic E-state index is 12.1. The quantitative estimate of drug-likeness (QED) is 0.786. The monoisotopic (exact) mass is 268 g/mol. The number of ketones is 1. The van der Waals surface area contributed by atoms with E-state index in [9.17, 15) is 14.4 Å². The Morgan fingerprint density at radius 2 is 1.89 bits per heavy atom. The molecule has 2 amide bonds. The Balaban J connectivity index is 1.95. The molecule has 1 unspecified atom stereocenters. The van der Waals surface area contributed by atoms with E-state index in [0.29, 0.717) is 0 Å². The first-order valence-corrected chi connectivity index (χ1v) is 6.89. The number of likely N-dealkylation sites (tertiary alicyclic amines) is 1. The predicted octanol–water partition coefficient (Wildman–Crippen LogP) is 1.15. The summed E-state index contributed by atoms with van der Waals surface area (Å²) in [5.41, 5.74) is 0. The van der Waals surface area contributed by atoms with Crippen LogP contribution in [0.5, 0.6) is 0 Å². The fraction of sp³-hybridized carbons (Fsp3) is 0.769. The van der Waals surface area contributed by atoms with Crippen molar-refractivity contribution in [1.82, 2.24) is 10.2 Å². The van der Waals surface area contributed by atoms with Gasteiger partial charge in [-0.3, -0.25) is 4.79 Å². The van der Waals surface area contributed by atoms with Crippen LogP contribution in [0.1, 0.15) is 44.9 Å². The number of aliphatic carboxylic acids is 1. The lowest BCUT2D eigenvalue weighted by Gasteiger charge is -2.34. The van der Waals surface area contributed by atoms with E-state index < -0.39 is 12.0 Å². The third-order valence-electron chi connectivity index (χ3n) is 3.91. The summed E-state index contributed by atoms with van der Waals surface area (Å²) in [7, 11) is 0. The van der Waals surface area contributed by atoms with Crippen molar-refractivity contribution in [3.8, 4) is 0 Å². The molecule has 6 heteroatoms. The molecule has 106 valence electrons. The zero-order valence-electron chi connectivity index (χ0n) is 10.9. The van der Waals surface area contributed by atoms with Crippen molar-refractivity contribution < 1.29 is 19.5 Å². The van der Waals surface area contributed by atoms with Crippen molar-refractivity contribution in [2.75, 3.05) is 6.54 Å². The molecule has 1 heterocycles. The molecule has 2 aliphatic rings.